The van der Waals surface area contributed by atoms with Gasteiger partial charge in [0.15, 0.2) is 0 Å². The van der Waals surface area contributed by atoms with E-state index in [1.807, 2.05) is 0 Å². The van der Waals surface area contributed by atoms with Crippen LogP contribution in [0.4, 0.5) is 5.69 Å². The molecule has 1 amide bonds. The Kier molecular flexibility index (Phi) is 6.27. The minimum Gasteiger partial charge on any atom is -0.478 e. The second-order valence-corrected chi connectivity index (χ2v) is 4.00. The van der Waals surface area contributed by atoms with Gasteiger partial charge >= 0.3 is 5.97 Å². The van der Waals surface area contributed by atoms with Crippen molar-refractivity contribution in [2.24, 2.45) is 0 Å². The van der Waals surface area contributed by atoms with E-state index in [1.165, 1.54) is 25.3 Å². The van der Waals surface area contributed by atoms with Crippen LogP contribution < -0.4 is 5.32 Å². The summed E-state index contributed by atoms with van der Waals surface area (Å²) >= 11 is 5.77. The van der Waals surface area contributed by atoms with Crippen LogP contribution in [0.2, 0.25) is 5.02 Å². The Hall–Kier alpha value is -1.63. The lowest BCUT2D eigenvalue weighted by atomic mass is 10.2. The molecule has 0 bridgehead atoms. The number of ether oxygens (including phenoxy) is 2. The first-order chi connectivity index (χ1) is 9.04. The van der Waals surface area contributed by atoms with Crippen LogP contribution in [-0.2, 0) is 14.3 Å². The fourth-order valence-electron chi connectivity index (χ4n) is 1.27. The number of carbonyl (C=O) groups excluding carboxylic acids is 1. The van der Waals surface area contributed by atoms with Gasteiger partial charge < -0.3 is 19.9 Å². The molecule has 0 aliphatic carbocycles. The molecule has 0 saturated heterocycles. The highest BCUT2D eigenvalue weighted by molar-refractivity contribution is 6.33. The molecule has 1 aromatic rings. The molecule has 0 atom stereocenters. The predicted molar refractivity (Wildman–Crippen MR) is 69.7 cm³/mol. The van der Waals surface area contributed by atoms with Gasteiger partial charge in [0.2, 0.25) is 5.91 Å². The Balaban J connectivity index is 2.51. The smallest absolute Gasteiger partial charge is 0.337 e. The van der Waals surface area contributed by atoms with Gasteiger partial charge in [-0.2, -0.15) is 0 Å². The summed E-state index contributed by atoms with van der Waals surface area (Å²) in [7, 11) is 1.54. The highest BCUT2D eigenvalue weighted by Crippen LogP contribution is 2.20. The molecule has 0 aromatic heterocycles. The number of carboxylic acid groups (broad SMARTS) is 1. The summed E-state index contributed by atoms with van der Waals surface area (Å²) in [6, 6.07) is 4.16. The molecule has 0 aliphatic heterocycles. The summed E-state index contributed by atoms with van der Waals surface area (Å²) < 4.78 is 9.80. The maximum atomic E-state index is 11.5. The van der Waals surface area contributed by atoms with Crippen molar-refractivity contribution < 1.29 is 24.2 Å². The molecule has 0 fully saturated rings. The molecule has 1 rings (SSSR count). The third-order valence-corrected chi connectivity index (χ3v) is 2.46. The highest BCUT2D eigenvalue weighted by Gasteiger charge is 2.10. The van der Waals surface area contributed by atoms with E-state index in [9.17, 15) is 9.59 Å². The van der Waals surface area contributed by atoms with Crippen LogP contribution in [0.3, 0.4) is 0 Å². The number of hydrogen-bond donors (Lipinski definition) is 2. The molecule has 19 heavy (non-hydrogen) atoms. The number of halogens is 1. The van der Waals surface area contributed by atoms with E-state index in [-0.39, 0.29) is 23.1 Å². The zero-order valence-electron chi connectivity index (χ0n) is 10.3. The standard InChI is InChI=1S/C12H14ClNO5/c1-18-4-5-19-7-11(15)14-8-2-3-9(12(16)17)10(13)6-8/h2-3,6H,4-5,7H2,1H3,(H,14,15)(H,16,17). The summed E-state index contributed by atoms with van der Waals surface area (Å²) in [6.45, 7) is 0.622. The zero-order valence-corrected chi connectivity index (χ0v) is 11.1. The van der Waals surface area contributed by atoms with Gasteiger partial charge in [-0.25, -0.2) is 4.79 Å². The van der Waals surface area contributed by atoms with Crippen molar-refractivity contribution in [2.45, 2.75) is 0 Å². The van der Waals surface area contributed by atoms with Crippen LogP contribution in [0.15, 0.2) is 18.2 Å². The number of benzene rings is 1. The van der Waals surface area contributed by atoms with E-state index in [1.54, 1.807) is 0 Å². The van der Waals surface area contributed by atoms with Gasteiger partial charge in [-0.1, -0.05) is 11.6 Å². The zero-order chi connectivity index (χ0) is 14.3. The molecular formula is C12H14ClNO5. The third-order valence-electron chi connectivity index (χ3n) is 2.15. The number of amides is 1. The van der Waals surface area contributed by atoms with Gasteiger partial charge in [-0.05, 0) is 18.2 Å². The number of anilines is 1. The van der Waals surface area contributed by atoms with Crippen LogP contribution in [0, 0.1) is 0 Å². The quantitative estimate of drug-likeness (QED) is 0.745. The van der Waals surface area contributed by atoms with E-state index < -0.39 is 5.97 Å². The van der Waals surface area contributed by atoms with Crippen LogP contribution in [-0.4, -0.2) is 43.9 Å². The minimum absolute atomic E-state index is 0.0176. The molecule has 0 heterocycles. The predicted octanol–water partition coefficient (Wildman–Crippen LogP) is 1.64. The van der Waals surface area contributed by atoms with Crippen LogP contribution >= 0.6 is 11.6 Å². The fourth-order valence-corrected chi connectivity index (χ4v) is 1.53. The Morgan fingerprint density at radius 2 is 2.11 bits per heavy atom. The molecule has 1 aromatic carbocycles. The Morgan fingerprint density at radius 3 is 2.68 bits per heavy atom. The second-order valence-electron chi connectivity index (χ2n) is 3.59. The van der Waals surface area contributed by atoms with Crippen molar-refractivity contribution in [1.29, 1.82) is 0 Å². The van der Waals surface area contributed by atoms with Gasteiger partial charge in [-0.15, -0.1) is 0 Å². The van der Waals surface area contributed by atoms with Crippen molar-refractivity contribution in [3.8, 4) is 0 Å². The Morgan fingerprint density at radius 1 is 1.37 bits per heavy atom. The lowest BCUT2D eigenvalue weighted by Crippen LogP contribution is -2.19. The van der Waals surface area contributed by atoms with Crippen molar-refractivity contribution in [2.75, 3.05) is 32.2 Å². The average molecular weight is 288 g/mol. The van der Waals surface area contributed by atoms with Gasteiger partial charge in [0.05, 0.1) is 23.8 Å². The molecular weight excluding hydrogens is 274 g/mol. The fraction of sp³-hybridized carbons (Fsp3) is 0.333. The molecule has 0 aliphatic rings. The van der Waals surface area contributed by atoms with Crippen LogP contribution in [0.25, 0.3) is 0 Å². The first-order valence-corrected chi connectivity index (χ1v) is 5.81. The van der Waals surface area contributed by atoms with Crippen molar-refractivity contribution in [3.63, 3.8) is 0 Å². The SMILES string of the molecule is COCCOCC(=O)Nc1ccc(C(=O)O)c(Cl)c1. The molecule has 2 N–H and O–H groups in total. The van der Waals surface area contributed by atoms with Crippen molar-refractivity contribution in [1.82, 2.24) is 0 Å². The lowest BCUT2D eigenvalue weighted by Gasteiger charge is -2.07. The van der Waals surface area contributed by atoms with Gasteiger partial charge in [-0.3, -0.25) is 4.79 Å². The molecule has 0 unspecified atom stereocenters. The second kappa shape index (κ2) is 7.73. The summed E-state index contributed by atoms with van der Waals surface area (Å²) in [5.41, 5.74) is 0.395. The average Bonchev–Trinajstić information content (AvgIpc) is 2.34. The number of carboxylic acids is 1. The van der Waals surface area contributed by atoms with E-state index in [0.29, 0.717) is 18.9 Å². The molecule has 0 saturated carbocycles. The molecule has 104 valence electrons. The Bertz CT molecular complexity index is 463. The van der Waals surface area contributed by atoms with E-state index in [4.69, 9.17) is 26.2 Å². The highest BCUT2D eigenvalue weighted by atomic mass is 35.5. The minimum atomic E-state index is -1.12. The van der Waals surface area contributed by atoms with Crippen LogP contribution in [0.5, 0.6) is 0 Å². The molecule has 7 heteroatoms. The largest absolute Gasteiger partial charge is 0.478 e. The van der Waals surface area contributed by atoms with Crippen LogP contribution in [0.1, 0.15) is 10.4 Å². The lowest BCUT2D eigenvalue weighted by molar-refractivity contribution is -0.121. The summed E-state index contributed by atoms with van der Waals surface area (Å²) in [4.78, 5) is 22.2. The monoisotopic (exact) mass is 287 g/mol. The summed E-state index contributed by atoms with van der Waals surface area (Å²) in [5, 5.41) is 11.4. The number of carbonyl (C=O) groups is 2. The number of hydrogen-bond acceptors (Lipinski definition) is 4. The first kappa shape index (κ1) is 15.4. The molecule has 0 spiro atoms. The summed E-state index contributed by atoms with van der Waals surface area (Å²) in [5.74, 6) is -1.47. The van der Waals surface area contributed by atoms with E-state index >= 15 is 0 Å². The van der Waals surface area contributed by atoms with E-state index in [2.05, 4.69) is 5.32 Å². The maximum Gasteiger partial charge on any atom is 0.337 e. The molecule has 6 nitrogen and oxygen atoms in total. The normalized spacial score (nSPS) is 10.2. The van der Waals surface area contributed by atoms with Gasteiger partial charge in [0.1, 0.15) is 6.61 Å². The number of aromatic carboxylic acids is 1. The summed E-state index contributed by atoms with van der Waals surface area (Å²) in [6.07, 6.45) is 0. The van der Waals surface area contributed by atoms with Crippen molar-refractivity contribution in [3.05, 3.63) is 28.8 Å². The van der Waals surface area contributed by atoms with E-state index in [0.717, 1.165) is 0 Å². The topological polar surface area (TPSA) is 84.9 Å². The third kappa shape index (κ3) is 5.25. The van der Waals surface area contributed by atoms with Gasteiger partial charge in [0.25, 0.3) is 0 Å². The first-order valence-electron chi connectivity index (χ1n) is 5.44. The molecule has 0 radical (unpaired) electrons. The number of methoxy groups -OCH3 is 1. The van der Waals surface area contributed by atoms with Crippen molar-refractivity contribution >= 4 is 29.2 Å². The van der Waals surface area contributed by atoms with Gasteiger partial charge in [0, 0.05) is 12.8 Å². The maximum absolute atomic E-state index is 11.5. The number of nitrogens with one attached hydrogen (secondary N) is 1. The number of rotatable bonds is 7. The Labute approximate surface area is 115 Å².